The van der Waals surface area contributed by atoms with Crippen molar-refractivity contribution in [2.24, 2.45) is 0 Å². The minimum absolute atomic E-state index is 0.0138. The summed E-state index contributed by atoms with van der Waals surface area (Å²) in [6.45, 7) is 1.52. The van der Waals surface area contributed by atoms with Crippen molar-refractivity contribution < 1.29 is 9.84 Å². The fraction of sp³-hybridized carbons (Fsp3) is 0.368. The van der Waals surface area contributed by atoms with Crippen LogP contribution in [0.2, 0.25) is 0 Å². The summed E-state index contributed by atoms with van der Waals surface area (Å²) < 4.78 is 6.14. The van der Waals surface area contributed by atoms with Gasteiger partial charge in [-0.05, 0) is 24.6 Å². The Morgan fingerprint density at radius 3 is 2.23 bits per heavy atom. The van der Waals surface area contributed by atoms with Crippen molar-refractivity contribution in [1.29, 1.82) is 0 Å². The molecule has 0 saturated carbocycles. The predicted molar refractivity (Wildman–Crippen MR) is 89.8 cm³/mol. The van der Waals surface area contributed by atoms with Gasteiger partial charge in [0.1, 0.15) is 0 Å². The zero-order valence-corrected chi connectivity index (χ0v) is 13.1. The van der Waals surface area contributed by atoms with Crippen LogP contribution >= 0.6 is 0 Å². The normalized spacial score (nSPS) is 13.7. The average molecular weight is 299 g/mol. The molecule has 118 valence electrons. The van der Waals surface area contributed by atoms with E-state index < -0.39 is 0 Å². The summed E-state index contributed by atoms with van der Waals surface area (Å²) in [5.74, 6) is 0.224. The Bertz CT molecular complexity index is 515. The van der Waals surface area contributed by atoms with Crippen LogP contribution in [-0.2, 0) is 11.3 Å². The van der Waals surface area contributed by atoms with Gasteiger partial charge in [0.2, 0.25) is 0 Å². The third-order valence-electron chi connectivity index (χ3n) is 3.82. The highest BCUT2D eigenvalue weighted by Gasteiger charge is 2.23. The van der Waals surface area contributed by atoms with E-state index in [0.717, 1.165) is 12.1 Å². The molecule has 2 rings (SSSR count). The Kier molecular flexibility index (Phi) is 7.10. The second-order valence-corrected chi connectivity index (χ2v) is 5.42. The molecule has 0 saturated heterocycles. The number of aliphatic hydroxyl groups is 1. The molecule has 2 N–H and O–H groups in total. The number of rotatable bonds is 9. The van der Waals surface area contributed by atoms with E-state index >= 15 is 0 Å². The van der Waals surface area contributed by atoms with Gasteiger partial charge >= 0.3 is 0 Å². The summed E-state index contributed by atoms with van der Waals surface area (Å²) in [4.78, 5) is 0. The molecule has 0 fully saturated rings. The molecule has 2 atom stereocenters. The first-order valence-corrected chi connectivity index (χ1v) is 7.81. The molecule has 0 aliphatic rings. The van der Waals surface area contributed by atoms with Gasteiger partial charge in [-0.2, -0.15) is 0 Å². The molecule has 0 radical (unpaired) electrons. The van der Waals surface area contributed by atoms with Crippen molar-refractivity contribution in [2.75, 3.05) is 20.2 Å². The lowest BCUT2D eigenvalue weighted by Crippen LogP contribution is -2.31. The van der Waals surface area contributed by atoms with E-state index in [9.17, 15) is 5.11 Å². The molecule has 0 aromatic heterocycles. The maximum Gasteiger partial charge on any atom is 0.0720 e. The molecule has 2 aromatic rings. The van der Waals surface area contributed by atoms with Crippen LogP contribution in [0.3, 0.4) is 0 Å². The molecule has 0 spiro atoms. The van der Waals surface area contributed by atoms with Crippen LogP contribution in [0.5, 0.6) is 0 Å². The number of hydrogen-bond donors (Lipinski definition) is 2. The molecule has 0 aliphatic heterocycles. The maximum absolute atomic E-state index is 9.40. The minimum Gasteiger partial charge on any atom is -0.396 e. The first kappa shape index (κ1) is 16.7. The SMILES string of the molecule is CNC[C@H](c1ccccc1)[C@H](CCO)OCc1ccccc1. The van der Waals surface area contributed by atoms with Gasteiger partial charge in [-0.25, -0.2) is 0 Å². The van der Waals surface area contributed by atoms with Crippen LogP contribution in [0.15, 0.2) is 60.7 Å². The van der Waals surface area contributed by atoms with Gasteiger partial charge in [-0.15, -0.1) is 0 Å². The van der Waals surface area contributed by atoms with Crippen molar-refractivity contribution in [1.82, 2.24) is 5.32 Å². The molecule has 0 unspecified atom stereocenters. The molecule has 3 nitrogen and oxygen atoms in total. The van der Waals surface area contributed by atoms with Crippen LogP contribution in [0.4, 0.5) is 0 Å². The first-order valence-electron chi connectivity index (χ1n) is 7.81. The van der Waals surface area contributed by atoms with E-state index in [0.29, 0.717) is 13.0 Å². The molecule has 0 amide bonds. The highest BCUT2D eigenvalue weighted by atomic mass is 16.5. The van der Waals surface area contributed by atoms with Gasteiger partial charge in [0.25, 0.3) is 0 Å². The zero-order chi connectivity index (χ0) is 15.6. The lowest BCUT2D eigenvalue weighted by molar-refractivity contribution is 0.00688. The summed E-state index contributed by atoms with van der Waals surface area (Å²) >= 11 is 0. The van der Waals surface area contributed by atoms with E-state index in [4.69, 9.17) is 4.74 Å². The maximum atomic E-state index is 9.40. The lowest BCUT2D eigenvalue weighted by Gasteiger charge is -2.27. The molecule has 0 aliphatic carbocycles. The number of hydrogen-bond acceptors (Lipinski definition) is 3. The minimum atomic E-state index is -0.0138. The van der Waals surface area contributed by atoms with Crippen LogP contribution in [-0.4, -0.2) is 31.4 Å². The number of ether oxygens (including phenoxy) is 1. The highest BCUT2D eigenvalue weighted by Crippen LogP contribution is 2.24. The molecule has 22 heavy (non-hydrogen) atoms. The summed E-state index contributed by atoms with van der Waals surface area (Å²) in [5, 5.41) is 12.6. The average Bonchev–Trinajstić information content (AvgIpc) is 2.58. The molecular formula is C19H25NO2. The number of aliphatic hydroxyl groups excluding tert-OH is 1. The lowest BCUT2D eigenvalue weighted by atomic mass is 9.91. The fourth-order valence-corrected chi connectivity index (χ4v) is 2.69. The number of likely N-dealkylation sites (N-methyl/N-ethyl adjacent to an activating group) is 1. The predicted octanol–water partition coefficient (Wildman–Crippen LogP) is 2.96. The van der Waals surface area contributed by atoms with Crippen molar-refractivity contribution in [3.05, 3.63) is 71.8 Å². The Labute approximate surface area is 133 Å². The Morgan fingerprint density at radius 1 is 1.00 bits per heavy atom. The second-order valence-electron chi connectivity index (χ2n) is 5.42. The third-order valence-corrected chi connectivity index (χ3v) is 3.82. The van der Waals surface area contributed by atoms with Gasteiger partial charge < -0.3 is 15.2 Å². The monoisotopic (exact) mass is 299 g/mol. The third kappa shape index (κ3) is 4.95. The Morgan fingerprint density at radius 2 is 1.64 bits per heavy atom. The van der Waals surface area contributed by atoms with Crippen molar-refractivity contribution >= 4 is 0 Å². The van der Waals surface area contributed by atoms with Crippen LogP contribution in [0.1, 0.15) is 23.5 Å². The fourth-order valence-electron chi connectivity index (χ4n) is 2.69. The van der Waals surface area contributed by atoms with Gasteiger partial charge in [0, 0.05) is 19.1 Å². The van der Waals surface area contributed by atoms with Crippen LogP contribution < -0.4 is 5.32 Å². The quantitative estimate of drug-likeness (QED) is 0.748. The summed E-state index contributed by atoms with van der Waals surface area (Å²) in [6, 6.07) is 20.5. The topological polar surface area (TPSA) is 41.5 Å². The highest BCUT2D eigenvalue weighted by molar-refractivity contribution is 5.21. The van der Waals surface area contributed by atoms with Gasteiger partial charge in [0.15, 0.2) is 0 Å². The molecular weight excluding hydrogens is 274 g/mol. The molecule has 0 bridgehead atoms. The Balaban J connectivity index is 2.09. The first-order chi connectivity index (χ1) is 10.8. The molecule has 3 heteroatoms. The van der Waals surface area contributed by atoms with Gasteiger partial charge in [-0.3, -0.25) is 0 Å². The largest absolute Gasteiger partial charge is 0.396 e. The van der Waals surface area contributed by atoms with Crippen LogP contribution in [0, 0.1) is 0 Å². The van der Waals surface area contributed by atoms with E-state index in [-0.39, 0.29) is 18.6 Å². The van der Waals surface area contributed by atoms with Crippen molar-refractivity contribution in [3.8, 4) is 0 Å². The summed E-state index contributed by atoms with van der Waals surface area (Å²) in [7, 11) is 1.95. The van der Waals surface area contributed by atoms with Crippen LogP contribution in [0.25, 0.3) is 0 Å². The van der Waals surface area contributed by atoms with Crippen molar-refractivity contribution in [2.45, 2.75) is 25.0 Å². The second kappa shape index (κ2) is 9.36. The molecule has 2 aromatic carbocycles. The number of benzene rings is 2. The summed E-state index contributed by atoms with van der Waals surface area (Å²) in [6.07, 6.45) is 0.619. The van der Waals surface area contributed by atoms with Gasteiger partial charge in [0.05, 0.1) is 12.7 Å². The molecule has 0 heterocycles. The van der Waals surface area contributed by atoms with E-state index in [1.807, 2.05) is 43.4 Å². The zero-order valence-electron chi connectivity index (χ0n) is 13.1. The van der Waals surface area contributed by atoms with E-state index in [1.165, 1.54) is 5.56 Å². The number of nitrogens with one attached hydrogen (secondary N) is 1. The standard InChI is InChI=1S/C19H25NO2/c1-20-14-18(17-10-6-3-7-11-17)19(12-13-21)22-15-16-8-4-2-5-9-16/h2-11,18-21H,12-15H2,1H3/t18-,19+/m1/s1. The Hall–Kier alpha value is -1.68. The summed E-state index contributed by atoms with van der Waals surface area (Å²) in [5.41, 5.74) is 2.39. The smallest absolute Gasteiger partial charge is 0.0720 e. The van der Waals surface area contributed by atoms with Crippen molar-refractivity contribution in [3.63, 3.8) is 0 Å². The van der Waals surface area contributed by atoms with E-state index in [2.05, 4.69) is 29.6 Å². The van der Waals surface area contributed by atoms with E-state index in [1.54, 1.807) is 0 Å². The van der Waals surface area contributed by atoms with Gasteiger partial charge in [-0.1, -0.05) is 60.7 Å².